The summed E-state index contributed by atoms with van der Waals surface area (Å²) in [6.45, 7) is 5.28. The first-order chi connectivity index (χ1) is 20.6. The van der Waals surface area contributed by atoms with Crippen molar-refractivity contribution in [3.63, 3.8) is 0 Å². The van der Waals surface area contributed by atoms with Crippen molar-refractivity contribution in [2.45, 2.75) is 26.9 Å². The molecule has 1 aromatic heterocycles. The van der Waals surface area contributed by atoms with Crippen LogP contribution < -0.4 is 4.90 Å². The van der Waals surface area contributed by atoms with Crippen LogP contribution in [0.25, 0.3) is 22.2 Å². The molecular formula is C35H25ClN2O5. The number of pyridine rings is 1. The predicted octanol–water partition coefficient (Wildman–Crippen LogP) is 7.40. The molecular weight excluding hydrogens is 564 g/mol. The van der Waals surface area contributed by atoms with Crippen LogP contribution in [-0.2, 0) is 4.74 Å². The first kappa shape index (κ1) is 28.0. The third kappa shape index (κ3) is 4.98. The lowest BCUT2D eigenvalue weighted by Crippen LogP contribution is -2.29. The van der Waals surface area contributed by atoms with Gasteiger partial charge in [0.2, 0.25) is 5.78 Å². The zero-order valence-electron chi connectivity index (χ0n) is 23.6. The summed E-state index contributed by atoms with van der Waals surface area (Å²) >= 11 is 6.41. The van der Waals surface area contributed by atoms with Gasteiger partial charge >= 0.3 is 5.97 Å². The molecule has 1 aliphatic heterocycles. The van der Waals surface area contributed by atoms with Crippen molar-refractivity contribution in [2.75, 3.05) is 4.90 Å². The van der Waals surface area contributed by atoms with E-state index in [1.165, 1.54) is 0 Å². The standard InChI is InChI=1S/C35H25ClN2O5/c1-19-8-10-23(11-9-19)32(39)21(3)43-35(42)28-18-30(37-31-20(2)29(36)17-16-25(28)31)22-12-14-24(15-13-22)38-33(40)26-6-4-5-7-27(26)34(38)41/h4-18,21H,1-3H3. The summed E-state index contributed by atoms with van der Waals surface area (Å²) in [4.78, 5) is 58.3. The summed E-state index contributed by atoms with van der Waals surface area (Å²) in [7, 11) is 0. The second kappa shape index (κ2) is 10.9. The van der Waals surface area contributed by atoms with Gasteiger partial charge < -0.3 is 4.74 Å². The number of rotatable bonds is 6. The second-order valence-corrected chi connectivity index (χ2v) is 10.8. The Balaban J connectivity index is 1.34. The monoisotopic (exact) mass is 588 g/mol. The second-order valence-electron chi connectivity index (χ2n) is 10.4. The van der Waals surface area contributed by atoms with Gasteiger partial charge in [0.15, 0.2) is 6.10 Å². The Morgan fingerprint density at radius 2 is 1.47 bits per heavy atom. The highest BCUT2D eigenvalue weighted by atomic mass is 35.5. The van der Waals surface area contributed by atoms with Crippen LogP contribution in [0.5, 0.6) is 0 Å². The lowest BCUT2D eigenvalue weighted by molar-refractivity contribution is 0.0320. The molecule has 6 rings (SSSR count). The molecule has 43 heavy (non-hydrogen) atoms. The number of hydrogen-bond acceptors (Lipinski definition) is 6. The molecule has 5 aromatic rings. The van der Waals surface area contributed by atoms with Crippen LogP contribution in [0.15, 0.2) is 91.0 Å². The number of carbonyl (C=O) groups is 4. The van der Waals surface area contributed by atoms with Crippen molar-refractivity contribution < 1.29 is 23.9 Å². The lowest BCUT2D eigenvalue weighted by atomic mass is 10.0. The van der Waals surface area contributed by atoms with E-state index in [1.807, 2.05) is 26.0 Å². The number of hydrogen-bond donors (Lipinski definition) is 0. The number of amides is 2. The fourth-order valence-corrected chi connectivity index (χ4v) is 5.31. The van der Waals surface area contributed by atoms with Gasteiger partial charge in [0, 0.05) is 21.5 Å². The zero-order chi connectivity index (χ0) is 30.4. The van der Waals surface area contributed by atoms with Gasteiger partial charge in [-0.3, -0.25) is 14.4 Å². The molecule has 4 aromatic carbocycles. The number of benzene rings is 4. The summed E-state index contributed by atoms with van der Waals surface area (Å²) in [5.74, 6) is -1.76. The van der Waals surface area contributed by atoms with E-state index >= 15 is 0 Å². The van der Waals surface area contributed by atoms with Gasteiger partial charge in [-0.15, -0.1) is 0 Å². The zero-order valence-corrected chi connectivity index (χ0v) is 24.3. The smallest absolute Gasteiger partial charge is 0.339 e. The van der Waals surface area contributed by atoms with E-state index in [2.05, 4.69) is 0 Å². The van der Waals surface area contributed by atoms with Crippen molar-refractivity contribution in [3.05, 3.63) is 129 Å². The highest BCUT2D eigenvalue weighted by molar-refractivity contribution is 6.34. The number of aromatic nitrogens is 1. The number of fused-ring (bicyclic) bond motifs is 2. The van der Waals surface area contributed by atoms with Crippen molar-refractivity contribution in [2.24, 2.45) is 0 Å². The van der Waals surface area contributed by atoms with Gasteiger partial charge in [-0.05, 0) is 62.7 Å². The van der Waals surface area contributed by atoms with Crippen LogP contribution in [0.2, 0.25) is 5.02 Å². The minimum atomic E-state index is -1.02. The van der Waals surface area contributed by atoms with Crippen molar-refractivity contribution in [1.29, 1.82) is 0 Å². The average Bonchev–Trinajstić information content (AvgIpc) is 3.27. The Bertz CT molecular complexity index is 1930. The first-order valence-corrected chi connectivity index (χ1v) is 14.0. The topological polar surface area (TPSA) is 93.6 Å². The molecule has 0 saturated carbocycles. The Labute approximate surface area is 252 Å². The summed E-state index contributed by atoms with van der Waals surface area (Å²) in [5.41, 5.74) is 5.12. The molecule has 1 aliphatic rings. The summed E-state index contributed by atoms with van der Waals surface area (Å²) < 4.78 is 5.66. The van der Waals surface area contributed by atoms with Crippen LogP contribution >= 0.6 is 11.6 Å². The summed E-state index contributed by atoms with van der Waals surface area (Å²) in [6.07, 6.45) is -1.02. The maximum Gasteiger partial charge on any atom is 0.339 e. The van der Waals surface area contributed by atoms with E-state index in [4.69, 9.17) is 21.3 Å². The van der Waals surface area contributed by atoms with Crippen LogP contribution in [-0.4, -0.2) is 34.7 Å². The number of ketones is 1. The van der Waals surface area contributed by atoms with Crippen molar-refractivity contribution in [1.82, 2.24) is 4.98 Å². The Morgan fingerprint density at radius 3 is 2.09 bits per heavy atom. The molecule has 1 unspecified atom stereocenters. The van der Waals surface area contributed by atoms with E-state index in [0.29, 0.717) is 55.1 Å². The number of halogens is 1. The van der Waals surface area contributed by atoms with Gasteiger partial charge in [0.1, 0.15) is 0 Å². The fourth-order valence-electron chi connectivity index (χ4n) is 5.16. The van der Waals surface area contributed by atoms with E-state index in [0.717, 1.165) is 10.5 Å². The number of nitrogens with zero attached hydrogens (tertiary/aromatic N) is 2. The molecule has 0 fully saturated rings. The van der Waals surface area contributed by atoms with Gasteiger partial charge in [-0.2, -0.15) is 0 Å². The molecule has 0 bridgehead atoms. The van der Waals surface area contributed by atoms with E-state index in [1.54, 1.807) is 85.8 Å². The molecule has 8 heteroatoms. The molecule has 0 aliphatic carbocycles. The molecule has 7 nitrogen and oxygen atoms in total. The number of imide groups is 1. The molecule has 0 spiro atoms. The van der Waals surface area contributed by atoms with E-state index in [-0.39, 0.29) is 23.2 Å². The van der Waals surface area contributed by atoms with Crippen molar-refractivity contribution in [3.8, 4) is 11.3 Å². The first-order valence-electron chi connectivity index (χ1n) is 13.6. The van der Waals surface area contributed by atoms with Gasteiger partial charge in [0.05, 0.1) is 33.6 Å². The maximum absolute atomic E-state index is 13.5. The number of carbonyl (C=O) groups excluding carboxylic acids is 4. The normalized spacial score (nSPS) is 13.3. The van der Waals surface area contributed by atoms with Gasteiger partial charge in [-0.25, -0.2) is 14.7 Å². The minimum Gasteiger partial charge on any atom is -0.451 e. The third-order valence-corrected chi connectivity index (χ3v) is 8.00. The Hall–Kier alpha value is -5.14. The fraction of sp³-hybridized carbons (Fsp3) is 0.114. The van der Waals surface area contributed by atoms with Crippen LogP contribution in [0, 0.1) is 13.8 Å². The number of aryl methyl sites for hydroxylation is 2. The maximum atomic E-state index is 13.5. The number of ether oxygens (including phenoxy) is 1. The minimum absolute atomic E-state index is 0.229. The predicted molar refractivity (Wildman–Crippen MR) is 165 cm³/mol. The number of Topliss-reactive ketones (excluding diaryl/α,β-unsaturated/α-hetero) is 1. The molecule has 1 atom stereocenters. The molecule has 0 N–H and O–H groups in total. The molecule has 2 heterocycles. The van der Waals surface area contributed by atoms with Crippen LogP contribution in [0.4, 0.5) is 5.69 Å². The highest BCUT2D eigenvalue weighted by Gasteiger charge is 2.36. The number of esters is 1. The molecule has 0 radical (unpaired) electrons. The molecule has 212 valence electrons. The summed E-state index contributed by atoms with van der Waals surface area (Å²) in [6, 6.07) is 25.6. The van der Waals surface area contributed by atoms with Crippen LogP contribution in [0.1, 0.15) is 59.5 Å². The van der Waals surface area contributed by atoms with Gasteiger partial charge in [-0.1, -0.05) is 71.8 Å². The molecule has 0 saturated heterocycles. The van der Waals surface area contributed by atoms with E-state index < -0.39 is 12.1 Å². The largest absolute Gasteiger partial charge is 0.451 e. The van der Waals surface area contributed by atoms with E-state index in [9.17, 15) is 19.2 Å². The quantitative estimate of drug-likeness (QED) is 0.117. The molecule has 2 amide bonds. The summed E-state index contributed by atoms with van der Waals surface area (Å²) in [5, 5.41) is 1.02. The average molecular weight is 589 g/mol. The Kier molecular flexibility index (Phi) is 7.12. The van der Waals surface area contributed by atoms with Crippen LogP contribution in [0.3, 0.4) is 0 Å². The van der Waals surface area contributed by atoms with Crippen molar-refractivity contribution >= 4 is 51.8 Å². The SMILES string of the molecule is Cc1ccc(C(=O)C(C)OC(=O)c2cc(-c3ccc(N4C(=O)c5ccccc5C4=O)cc3)nc3c(C)c(Cl)ccc23)cc1. The van der Waals surface area contributed by atoms with Gasteiger partial charge in [0.25, 0.3) is 11.8 Å². The lowest BCUT2D eigenvalue weighted by Gasteiger charge is -2.16. The highest BCUT2D eigenvalue weighted by Crippen LogP contribution is 2.33. The number of anilines is 1. The third-order valence-electron chi connectivity index (χ3n) is 7.59. The Morgan fingerprint density at radius 1 is 0.837 bits per heavy atom.